The maximum atomic E-state index is 6.62. The van der Waals surface area contributed by atoms with Gasteiger partial charge in [-0.1, -0.05) is 118 Å². The molecule has 0 radical (unpaired) electrons. The summed E-state index contributed by atoms with van der Waals surface area (Å²) in [5, 5.41) is 2.36. The molecule has 2 heteroatoms. The second-order valence-electron chi connectivity index (χ2n) is 17.4. The maximum absolute atomic E-state index is 6.62. The fourth-order valence-electron chi connectivity index (χ4n) is 13.1. The summed E-state index contributed by atoms with van der Waals surface area (Å²) in [6.07, 6.45) is 13.0. The molecule has 2 nitrogen and oxygen atoms in total. The molecule has 2 bridgehead atoms. The molecule has 1 heterocycles. The number of hydrogen-bond acceptors (Lipinski definition) is 2. The van der Waals surface area contributed by atoms with E-state index >= 15 is 0 Å². The van der Waals surface area contributed by atoms with Crippen molar-refractivity contribution < 1.29 is 4.42 Å². The van der Waals surface area contributed by atoms with Crippen molar-refractivity contribution >= 4 is 39.0 Å². The lowest BCUT2D eigenvalue weighted by Gasteiger charge is -2.55. The number of hydrogen-bond donors (Lipinski definition) is 0. The Hall–Kier alpha value is -5.08. The first kappa shape index (κ1) is 31.3. The molecule has 6 aromatic carbocycles. The number of anilines is 3. The van der Waals surface area contributed by atoms with Crippen LogP contribution < -0.4 is 4.90 Å². The van der Waals surface area contributed by atoms with E-state index in [-0.39, 0.29) is 10.8 Å². The lowest BCUT2D eigenvalue weighted by atomic mass is 9.48. The molecule has 2 unspecified atom stereocenters. The van der Waals surface area contributed by atoms with Crippen LogP contribution in [0.5, 0.6) is 0 Å². The summed E-state index contributed by atoms with van der Waals surface area (Å²) in [4.78, 5) is 2.65. The highest BCUT2D eigenvalue weighted by Crippen LogP contribution is 2.68. The van der Waals surface area contributed by atoms with Crippen LogP contribution in [0.2, 0.25) is 0 Å². The zero-order valence-electron chi connectivity index (χ0n) is 31.3. The van der Waals surface area contributed by atoms with Crippen LogP contribution in [0.25, 0.3) is 44.2 Å². The van der Waals surface area contributed by atoms with Gasteiger partial charge in [0.05, 0.1) is 5.69 Å². The molecule has 2 spiro atoms. The van der Waals surface area contributed by atoms with Crippen LogP contribution in [0, 0.1) is 17.8 Å². The van der Waals surface area contributed by atoms with Gasteiger partial charge in [-0.15, -0.1) is 0 Å². The third kappa shape index (κ3) is 4.02. The van der Waals surface area contributed by atoms with Crippen molar-refractivity contribution in [1.82, 2.24) is 0 Å². The van der Waals surface area contributed by atoms with E-state index in [4.69, 9.17) is 4.42 Å². The van der Waals surface area contributed by atoms with E-state index in [1.54, 1.807) is 16.7 Å². The molecule has 3 fully saturated rings. The molecular formula is C52H47NO. The lowest BCUT2D eigenvalue weighted by Crippen LogP contribution is -2.50. The molecule has 5 aliphatic carbocycles. The standard InChI is InChI=1S/C52H47NO/c1-2-33-29-34-13-11-14-35(30-33)52(34)45-20-7-4-16-39(45)43-18-12-21-47(50(43)52)53(37-24-26-42-41-17-5-8-22-48(41)54-49(42)32-37)36-23-25-40-38-15-3-6-19-44(38)51(46(40)31-36)27-9-10-28-51/h3-8,12,15-26,31-35H,2,9-11,13-14,27-30H2,1H3. The van der Waals surface area contributed by atoms with E-state index < -0.39 is 0 Å². The van der Waals surface area contributed by atoms with Crippen molar-refractivity contribution in [3.8, 4) is 22.3 Å². The fourth-order valence-corrected chi connectivity index (χ4v) is 13.1. The van der Waals surface area contributed by atoms with Crippen LogP contribution in [-0.4, -0.2) is 0 Å². The number of rotatable bonds is 4. The van der Waals surface area contributed by atoms with Gasteiger partial charge in [0.25, 0.3) is 0 Å². The second-order valence-corrected chi connectivity index (χ2v) is 17.4. The van der Waals surface area contributed by atoms with Crippen LogP contribution in [0.1, 0.15) is 93.4 Å². The summed E-state index contributed by atoms with van der Waals surface area (Å²) in [7, 11) is 0. The van der Waals surface area contributed by atoms with E-state index in [9.17, 15) is 0 Å². The average Bonchev–Trinajstić information content (AvgIpc) is 3.98. The molecule has 1 aromatic heterocycles. The number of fused-ring (bicyclic) bond motifs is 11. The molecule has 0 N–H and O–H groups in total. The van der Waals surface area contributed by atoms with Gasteiger partial charge in [-0.25, -0.2) is 0 Å². The average molecular weight is 702 g/mol. The Morgan fingerprint density at radius 2 is 1.22 bits per heavy atom. The molecule has 54 heavy (non-hydrogen) atoms. The second kappa shape index (κ2) is 11.5. The van der Waals surface area contributed by atoms with Crippen molar-refractivity contribution in [2.75, 3.05) is 4.90 Å². The van der Waals surface area contributed by atoms with Gasteiger partial charge in [0.15, 0.2) is 0 Å². The molecule has 0 saturated heterocycles. The zero-order chi connectivity index (χ0) is 35.6. The third-order valence-electron chi connectivity index (χ3n) is 15.2. The van der Waals surface area contributed by atoms with Gasteiger partial charge in [-0.3, -0.25) is 0 Å². The number of nitrogens with zero attached hydrogens (tertiary/aromatic N) is 1. The van der Waals surface area contributed by atoms with Crippen molar-refractivity contribution in [1.29, 1.82) is 0 Å². The molecule has 5 aliphatic rings. The van der Waals surface area contributed by atoms with Gasteiger partial charge >= 0.3 is 0 Å². The number of furan rings is 1. The topological polar surface area (TPSA) is 16.4 Å². The van der Waals surface area contributed by atoms with Gasteiger partial charge in [0.1, 0.15) is 11.2 Å². The van der Waals surface area contributed by atoms with E-state index in [1.165, 1.54) is 120 Å². The normalized spacial score (nSPS) is 24.2. The minimum absolute atomic E-state index is 0.0216. The van der Waals surface area contributed by atoms with Crippen LogP contribution in [0.15, 0.2) is 132 Å². The fraction of sp³-hybridized carbons (Fsp3) is 0.308. The molecule has 266 valence electrons. The minimum atomic E-state index is 0.0216. The zero-order valence-corrected chi connectivity index (χ0v) is 31.3. The van der Waals surface area contributed by atoms with E-state index in [0.717, 1.165) is 17.1 Å². The van der Waals surface area contributed by atoms with Crippen molar-refractivity contribution in [2.24, 2.45) is 17.8 Å². The molecule has 0 amide bonds. The van der Waals surface area contributed by atoms with Crippen molar-refractivity contribution in [3.63, 3.8) is 0 Å². The highest BCUT2D eigenvalue weighted by Gasteiger charge is 2.58. The number of para-hydroxylation sites is 1. The predicted molar refractivity (Wildman–Crippen MR) is 223 cm³/mol. The van der Waals surface area contributed by atoms with Crippen LogP contribution >= 0.6 is 0 Å². The van der Waals surface area contributed by atoms with Gasteiger partial charge < -0.3 is 9.32 Å². The largest absolute Gasteiger partial charge is 0.456 e. The van der Waals surface area contributed by atoms with Crippen LogP contribution in [0.4, 0.5) is 17.1 Å². The van der Waals surface area contributed by atoms with Gasteiger partial charge in [-0.2, -0.15) is 0 Å². The Bertz CT molecular complexity index is 2620. The van der Waals surface area contributed by atoms with E-state index in [2.05, 4.69) is 139 Å². The first-order valence-corrected chi connectivity index (χ1v) is 20.9. The van der Waals surface area contributed by atoms with Gasteiger partial charge in [0.2, 0.25) is 0 Å². The van der Waals surface area contributed by atoms with Crippen molar-refractivity contribution in [3.05, 3.63) is 150 Å². The Kier molecular flexibility index (Phi) is 6.64. The Balaban J connectivity index is 1.14. The number of benzene rings is 6. The minimum Gasteiger partial charge on any atom is -0.456 e. The molecular weight excluding hydrogens is 655 g/mol. The molecule has 12 rings (SSSR count). The SMILES string of the molecule is CCC1CC2CCCC(C1)C21c2ccccc2-c2cccc(N(c3ccc4c(c3)C3(CCCC3)c3ccccc3-4)c3ccc4c(c3)oc3ccccc34)c21. The quantitative estimate of drug-likeness (QED) is 0.182. The van der Waals surface area contributed by atoms with Crippen molar-refractivity contribution in [2.45, 2.75) is 82.0 Å². The van der Waals surface area contributed by atoms with Gasteiger partial charge in [0, 0.05) is 39.0 Å². The van der Waals surface area contributed by atoms with Crippen LogP contribution in [-0.2, 0) is 10.8 Å². The highest BCUT2D eigenvalue weighted by atomic mass is 16.3. The third-order valence-corrected chi connectivity index (χ3v) is 15.2. The molecule has 0 aliphatic heterocycles. The first-order valence-electron chi connectivity index (χ1n) is 20.9. The van der Waals surface area contributed by atoms with E-state index in [1.807, 2.05) is 0 Å². The molecule has 2 atom stereocenters. The highest BCUT2D eigenvalue weighted by molar-refractivity contribution is 6.06. The Morgan fingerprint density at radius 3 is 2.04 bits per heavy atom. The smallest absolute Gasteiger partial charge is 0.137 e. The van der Waals surface area contributed by atoms with Crippen LogP contribution in [0.3, 0.4) is 0 Å². The van der Waals surface area contributed by atoms with Gasteiger partial charge in [-0.05, 0) is 137 Å². The Morgan fingerprint density at radius 1 is 0.574 bits per heavy atom. The Labute approximate surface area is 318 Å². The maximum Gasteiger partial charge on any atom is 0.137 e. The summed E-state index contributed by atoms with van der Waals surface area (Å²) in [6.45, 7) is 2.43. The summed E-state index contributed by atoms with van der Waals surface area (Å²) < 4.78 is 6.62. The summed E-state index contributed by atoms with van der Waals surface area (Å²) in [5.41, 5.74) is 17.8. The van der Waals surface area contributed by atoms with E-state index in [0.29, 0.717) is 11.8 Å². The predicted octanol–water partition coefficient (Wildman–Crippen LogP) is 14.4. The molecule has 7 aromatic rings. The first-order chi connectivity index (χ1) is 26.7. The summed E-state index contributed by atoms with van der Waals surface area (Å²) >= 11 is 0. The summed E-state index contributed by atoms with van der Waals surface area (Å²) in [5.74, 6) is 2.12. The lowest BCUT2D eigenvalue weighted by molar-refractivity contribution is 0.0495. The summed E-state index contributed by atoms with van der Waals surface area (Å²) in [6, 6.07) is 49.0. The monoisotopic (exact) mass is 701 g/mol. The molecule has 3 saturated carbocycles.